The molecule has 138 valence electrons. The number of carbonyl (C=O) groups is 1. The maximum Gasteiger partial charge on any atom is 0.494 e. The number of hydrogen-bond donors (Lipinski definition) is 0. The first-order valence-electron chi connectivity index (χ1n) is 9.00. The van der Waals surface area contributed by atoms with Crippen molar-refractivity contribution < 1.29 is 14.1 Å². The van der Waals surface area contributed by atoms with Crippen LogP contribution < -0.4 is 10.9 Å². The number of Topliss-reactive ketones (excluding diaryl/α,β-unsaturated/α-hetero) is 1. The number of hydrogen-bond acceptors (Lipinski definition) is 4. The minimum atomic E-state index is -0.493. The van der Waals surface area contributed by atoms with Gasteiger partial charge >= 0.3 is 7.12 Å². The van der Waals surface area contributed by atoms with Crippen LogP contribution in [0.25, 0.3) is 10.9 Å². The molecule has 1 fully saturated rings. The van der Waals surface area contributed by atoms with Crippen LogP contribution in [0.3, 0.4) is 0 Å². The highest BCUT2D eigenvalue weighted by atomic mass is 16.7. The maximum absolute atomic E-state index is 12.7. The standard InChI is InChI=1S/C20H26BNO4/c1-12(2)22-11-16(13(3)23)18(24)15-9-8-14(10-17(15)22)21-25-19(4,5)20(6,7)26-21/h8-12H,1-7H3. The summed E-state index contributed by atoms with van der Waals surface area (Å²) in [4.78, 5) is 24.5. The zero-order valence-electron chi connectivity index (χ0n) is 16.5. The Morgan fingerprint density at radius 1 is 1.12 bits per heavy atom. The molecule has 26 heavy (non-hydrogen) atoms. The molecule has 0 spiro atoms. The Morgan fingerprint density at radius 2 is 1.69 bits per heavy atom. The molecule has 0 amide bonds. The van der Waals surface area contributed by atoms with Gasteiger partial charge in [0.25, 0.3) is 0 Å². The van der Waals surface area contributed by atoms with Gasteiger partial charge in [-0.25, -0.2) is 0 Å². The number of aromatic nitrogens is 1. The van der Waals surface area contributed by atoms with E-state index >= 15 is 0 Å². The van der Waals surface area contributed by atoms with Crippen LogP contribution in [0, 0.1) is 0 Å². The molecule has 1 aromatic heterocycles. The van der Waals surface area contributed by atoms with Gasteiger partial charge in [-0.2, -0.15) is 0 Å². The van der Waals surface area contributed by atoms with Gasteiger partial charge in [0.1, 0.15) is 0 Å². The molecule has 6 heteroatoms. The van der Waals surface area contributed by atoms with Crippen molar-refractivity contribution >= 4 is 29.3 Å². The first-order chi connectivity index (χ1) is 11.9. The largest absolute Gasteiger partial charge is 0.494 e. The van der Waals surface area contributed by atoms with E-state index in [1.807, 2.05) is 58.2 Å². The van der Waals surface area contributed by atoms with E-state index in [0.717, 1.165) is 11.0 Å². The molecule has 0 saturated carbocycles. The van der Waals surface area contributed by atoms with E-state index in [-0.39, 0.29) is 22.8 Å². The molecule has 0 aliphatic carbocycles. The van der Waals surface area contributed by atoms with Crippen molar-refractivity contribution in [2.45, 2.75) is 65.7 Å². The minimum absolute atomic E-state index is 0.102. The summed E-state index contributed by atoms with van der Waals surface area (Å²) >= 11 is 0. The van der Waals surface area contributed by atoms with Crippen LogP contribution in [0.4, 0.5) is 0 Å². The molecule has 0 atom stereocenters. The molecule has 5 nitrogen and oxygen atoms in total. The van der Waals surface area contributed by atoms with Crippen molar-refractivity contribution in [2.75, 3.05) is 0 Å². The first-order valence-corrected chi connectivity index (χ1v) is 9.00. The summed E-state index contributed by atoms with van der Waals surface area (Å²) in [5.74, 6) is -0.221. The van der Waals surface area contributed by atoms with Crippen molar-refractivity contribution in [2.24, 2.45) is 0 Å². The zero-order chi connectivity index (χ0) is 19.4. The lowest BCUT2D eigenvalue weighted by molar-refractivity contribution is 0.00578. The molecule has 2 aromatic rings. The molecule has 0 unspecified atom stereocenters. The van der Waals surface area contributed by atoms with Crippen LogP contribution in [-0.2, 0) is 9.31 Å². The van der Waals surface area contributed by atoms with Gasteiger partial charge in [-0.15, -0.1) is 0 Å². The molecule has 2 heterocycles. The maximum atomic E-state index is 12.7. The molecule has 0 bridgehead atoms. The van der Waals surface area contributed by atoms with E-state index in [9.17, 15) is 9.59 Å². The van der Waals surface area contributed by atoms with E-state index in [4.69, 9.17) is 9.31 Å². The number of nitrogens with zero attached hydrogens (tertiary/aromatic N) is 1. The number of benzene rings is 1. The summed E-state index contributed by atoms with van der Waals surface area (Å²) in [7, 11) is -0.493. The predicted molar refractivity (Wildman–Crippen MR) is 104 cm³/mol. The summed E-state index contributed by atoms with van der Waals surface area (Å²) in [5, 5.41) is 0.534. The van der Waals surface area contributed by atoms with Crippen molar-refractivity contribution in [3.8, 4) is 0 Å². The fourth-order valence-electron chi connectivity index (χ4n) is 3.17. The molecule has 0 radical (unpaired) electrons. The van der Waals surface area contributed by atoms with Crippen LogP contribution in [0.1, 0.15) is 64.9 Å². The fourth-order valence-corrected chi connectivity index (χ4v) is 3.17. The Balaban J connectivity index is 2.18. The summed E-state index contributed by atoms with van der Waals surface area (Å²) in [5.41, 5.74) is 0.772. The van der Waals surface area contributed by atoms with Crippen LogP contribution >= 0.6 is 0 Å². The van der Waals surface area contributed by atoms with Crippen molar-refractivity contribution in [1.29, 1.82) is 0 Å². The first kappa shape index (κ1) is 18.9. The zero-order valence-corrected chi connectivity index (χ0v) is 16.5. The normalized spacial score (nSPS) is 18.7. The van der Waals surface area contributed by atoms with Gasteiger partial charge in [0.2, 0.25) is 0 Å². The topological polar surface area (TPSA) is 57.5 Å². The van der Waals surface area contributed by atoms with E-state index in [2.05, 4.69) is 0 Å². The summed E-state index contributed by atoms with van der Waals surface area (Å²) < 4.78 is 14.2. The van der Waals surface area contributed by atoms with Gasteiger partial charge in [0, 0.05) is 17.6 Å². The third-order valence-electron chi connectivity index (χ3n) is 5.52. The second kappa shape index (κ2) is 6.07. The SMILES string of the molecule is CC(=O)c1cn(C(C)C)c2cc(B3OC(C)(C)C(C)(C)O3)ccc2c1=O. The van der Waals surface area contributed by atoms with Crippen LogP contribution in [0.15, 0.2) is 29.2 Å². The molecule has 1 saturated heterocycles. The minimum Gasteiger partial charge on any atom is -0.399 e. The molecular weight excluding hydrogens is 329 g/mol. The Morgan fingerprint density at radius 3 is 2.19 bits per heavy atom. The number of rotatable bonds is 3. The van der Waals surface area contributed by atoms with Crippen LogP contribution in [0.2, 0.25) is 0 Å². The summed E-state index contributed by atoms with van der Waals surface area (Å²) in [6, 6.07) is 5.65. The van der Waals surface area contributed by atoms with Crippen LogP contribution in [0.5, 0.6) is 0 Å². The summed E-state index contributed by atoms with van der Waals surface area (Å²) in [6.45, 7) is 13.5. The van der Waals surface area contributed by atoms with Gasteiger partial charge in [0.05, 0.1) is 22.3 Å². The van der Waals surface area contributed by atoms with Crippen LogP contribution in [-0.4, -0.2) is 28.7 Å². The second-order valence-corrected chi connectivity index (χ2v) is 8.29. The Kier molecular flexibility index (Phi) is 4.40. The van der Waals surface area contributed by atoms with Gasteiger partial charge in [-0.3, -0.25) is 9.59 Å². The molecule has 1 aliphatic heterocycles. The van der Waals surface area contributed by atoms with Crippen molar-refractivity contribution in [3.63, 3.8) is 0 Å². The van der Waals surface area contributed by atoms with Crippen molar-refractivity contribution in [1.82, 2.24) is 4.57 Å². The molecule has 0 N–H and O–H groups in total. The smallest absolute Gasteiger partial charge is 0.399 e. The Labute approximate surface area is 154 Å². The van der Waals surface area contributed by atoms with Crippen molar-refractivity contribution in [3.05, 3.63) is 40.2 Å². The molecular formula is C20H26BNO4. The third-order valence-corrected chi connectivity index (χ3v) is 5.52. The van der Waals surface area contributed by atoms with Gasteiger partial charge in [-0.05, 0) is 66.1 Å². The van der Waals surface area contributed by atoms with Gasteiger partial charge < -0.3 is 13.9 Å². The third kappa shape index (κ3) is 2.91. The van der Waals surface area contributed by atoms with Gasteiger partial charge in [0.15, 0.2) is 11.2 Å². The molecule has 1 aliphatic rings. The monoisotopic (exact) mass is 355 g/mol. The number of ketones is 1. The van der Waals surface area contributed by atoms with Gasteiger partial charge in [-0.1, -0.05) is 6.07 Å². The number of fused-ring (bicyclic) bond motifs is 1. The fraction of sp³-hybridized carbons (Fsp3) is 0.500. The van der Waals surface area contributed by atoms with E-state index < -0.39 is 18.3 Å². The molecule has 1 aromatic carbocycles. The number of carbonyl (C=O) groups excluding carboxylic acids is 1. The predicted octanol–water partition coefficient (Wildman–Crippen LogP) is 3.08. The Bertz CT molecular complexity index is 927. The highest BCUT2D eigenvalue weighted by Gasteiger charge is 2.51. The average Bonchev–Trinajstić information content (AvgIpc) is 2.74. The van der Waals surface area contributed by atoms with E-state index in [1.54, 1.807) is 12.3 Å². The van der Waals surface area contributed by atoms with E-state index in [0.29, 0.717) is 5.39 Å². The summed E-state index contributed by atoms with van der Waals surface area (Å²) in [6.07, 6.45) is 1.66. The average molecular weight is 355 g/mol. The number of pyridine rings is 1. The lowest BCUT2D eigenvalue weighted by Crippen LogP contribution is -2.41. The quantitative estimate of drug-likeness (QED) is 0.627. The lowest BCUT2D eigenvalue weighted by atomic mass is 9.78. The second-order valence-electron chi connectivity index (χ2n) is 8.29. The molecule has 3 rings (SSSR count). The Hall–Kier alpha value is -1.92. The highest BCUT2D eigenvalue weighted by Crippen LogP contribution is 2.36. The van der Waals surface area contributed by atoms with E-state index in [1.165, 1.54) is 6.92 Å². The lowest BCUT2D eigenvalue weighted by Gasteiger charge is -2.32. The highest BCUT2D eigenvalue weighted by molar-refractivity contribution is 6.62.